The highest BCUT2D eigenvalue weighted by molar-refractivity contribution is 5.74. The zero-order valence-electron chi connectivity index (χ0n) is 13.8. The maximum Gasteiger partial charge on any atom is 0.315 e. The molecular weight excluding hydrogens is 296 g/mol. The van der Waals surface area contributed by atoms with Gasteiger partial charge in [0.15, 0.2) is 0 Å². The third kappa shape index (κ3) is 3.84. The smallest absolute Gasteiger partial charge is 0.315 e. The largest absolute Gasteiger partial charge is 0.383 e. The molecule has 7 heteroatoms. The molecule has 1 saturated heterocycles. The maximum atomic E-state index is 12.3. The second-order valence-corrected chi connectivity index (χ2v) is 6.28. The summed E-state index contributed by atoms with van der Waals surface area (Å²) >= 11 is 0. The van der Waals surface area contributed by atoms with Crippen molar-refractivity contribution >= 4 is 6.03 Å². The Kier molecular flexibility index (Phi) is 5.17. The van der Waals surface area contributed by atoms with Crippen LogP contribution in [-0.4, -0.2) is 48.0 Å². The van der Waals surface area contributed by atoms with Crippen molar-refractivity contribution in [1.29, 1.82) is 0 Å². The van der Waals surface area contributed by atoms with Gasteiger partial charge in [-0.15, -0.1) is 0 Å². The molecule has 0 aromatic carbocycles. The number of hydrogen-bond donors (Lipinski definition) is 2. The van der Waals surface area contributed by atoms with Crippen molar-refractivity contribution in [2.24, 2.45) is 5.92 Å². The number of urea groups is 1. The summed E-state index contributed by atoms with van der Waals surface area (Å²) in [5, 5.41) is 6.10. The molecule has 7 nitrogen and oxygen atoms in total. The zero-order chi connectivity index (χ0) is 16.2. The Morgan fingerprint density at radius 2 is 2.35 bits per heavy atom. The number of nitrogens with zero attached hydrogens (tertiary/aromatic N) is 2. The molecule has 1 aliphatic heterocycles. The normalized spacial score (nSPS) is 25.3. The van der Waals surface area contributed by atoms with Gasteiger partial charge in [-0.3, -0.25) is 0 Å². The van der Waals surface area contributed by atoms with Gasteiger partial charge in [0.25, 0.3) is 0 Å². The van der Waals surface area contributed by atoms with E-state index in [4.69, 9.17) is 9.47 Å². The van der Waals surface area contributed by atoms with Crippen LogP contribution in [0.25, 0.3) is 0 Å². The maximum absolute atomic E-state index is 12.3. The van der Waals surface area contributed by atoms with Gasteiger partial charge in [-0.25, -0.2) is 9.78 Å². The van der Waals surface area contributed by atoms with Crippen LogP contribution in [0.2, 0.25) is 0 Å². The number of rotatable bonds is 7. The number of carbonyl (C=O) groups is 1. The van der Waals surface area contributed by atoms with Crippen molar-refractivity contribution < 1.29 is 14.3 Å². The first-order valence-electron chi connectivity index (χ1n) is 8.41. The van der Waals surface area contributed by atoms with Crippen molar-refractivity contribution in [3.8, 4) is 0 Å². The summed E-state index contributed by atoms with van der Waals surface area (Å²) in [5.74, 6) is 1.43. The van der Waals surface area contributed by atoms with Gasteiger partial charge >= 0.3 is 6.03 Å². The highest BCUT2D eigenvalue weighted by atomic mass is 16.5. The highest BCUT2D eigenvalue weighted by Gasteiger charge is 2.36. The molecule has 1 aliphatic carbocycles. The number of ether oxygens (including phenoxy) is 2. The lowest BCUT2D eigenvalue weighted by molar-refractivity contribution is 0.0896. The summed E-state index contributed by atoms with van der Waals surface area (Å²) < 4.78 is 13.1. The minimum absolute atomic E-state index is 0.0508. The van der Waals surface area contributed by atoms with Crippen molar-refractivity contribution in [2.45, 2.75) is 50.9 Å². The van der Waals surface area contributed by atoms with Crippen LogP contribution < -0.4 is 10.6 Å². The SMILES string of the molecule is CCn1ccnc1[C@H]1OCC[C@@H]1NC(=O)N[C@@H](COC)C1CC1. The van der Waals surface area contributed by atoms with Gasteiger partial charge in [-0.2, -0.15) is 0 Å². The number of hydrogen-bond acceptors (Lipinski definition) is 4. The fraction of sp³-hybridized carbons (Fsp3) is 0.750. The van der Waals surface area contributed by atoms with E-state index in [1.807, 2.05) is 6.20 Å². The van der Waals surface area contributed by atoms with Crippen LogP contribution in [0.15, 0.2) is 12.4 Å². The minimum atomic E-state index is -0.183. The Labute approximate surface area is 136 Å². The molecule has 0 radical (unpaired) electrons. The Balaban J connectivity index is 1.58. The van der Waals surface area contributed by atoms with Crippen molar-refractivity contribution in [1.82, 2.24) is 20.2 Å². The van der Waals surface area contributed by atoms with Gasteiger partial charge in [-0.1, -0.05) is 0 Å². The van der Waals surface area contributed by atoms with Crippen molar-refractivity contribution in [3.05, 3.63) is 18.2 Å². The minimum Gasteiger partial charge on any atom is -0.383 e. The summed E-state index contributed by atoms with van der Waals surface area (Å²) in [7, 11) is 1.67. The molecule has 1 saturated carbocycles. The molecule has 1 aromatic heterocycles. The Hall–Kier alpha value is -1.60. The van der Waals surface area contributed by atoms with E-state index in [1.54, 1.807) is 13.3 Å². The molecule has 2 fully saturated rings. The van der Waals surface area contributed by atoms with E-state index in [0.717, 1.165) is 31.6 Å². The fourth-order valence-corrected chi connectivity index (χ4v) is 3.19. The quantitative estimate of drug-likeness (QED) is 0.797. The first kappa shape index (κ1) is 16.3. The molecule has 2 heterocycles. The summed E-state index contributed by atoms with van der Waals surface area (Å²) in [4.78, 5) is 16.7. The summed E-state index contributed by atoms with van der Waals surface area (Å²) in [5.41, 5.74) is 0. The molecular formula is C16H26N4O3. The lowest BCUT2D eigenvalue weighted by Crippen LogP contribution is -2.49. The van der Waals surface area contributed by atoms with E-state index in [-0.39, 0.29) is 24.2 Å². The first-order chi connectivity index (χ1) is 11.2. The monoisotopic (exact) mass is 322 g/mol. The molecule has 23 heavy (non-hydrogen) atoms. The topological polar surface area (TPSA) is 77.4 Å². The van der Waals surface area contributed by atoms with E-state index < -0.39 is 0 Å². The molecule has 2 N–H and O–H groups in total. The van der Waals surface area contributed by atoms with Crippen LogP contribution >= 0.6 is 0 Å². The number of aryl methyl sites for hydroxylation is 1. The van der Waals surface area contributed by atoms with Crippen LogP contribution in [0.4, 0.5) is 4.79 Å². The predicted octanol–water partition coefficient (Wildman–Crippen LogP) is 1.46. The van der Waals surface area contributed by atoms with E-state index in [1.165, 1.54) is 0 Å². The summed E-state index contributed by atoms with van der Waals surface area (Å²) in [6.45, 7) is 4.10. The van der Waals surface area contributed by atoms with Crippen LogP contribution in [-0.2, 0) is 16.0 Å². The molecule has 128 valence electrons. The van der Waals surface area contributed by atoms with Gasteiger partial charge in [0.05, 0.1) is 18.7 Å². The average Bonchev–Trinajstić information content (AvgIpc) is 3.11. The highest BCUT2D eigenvalue weighted by Crippen LogP contribution is 2.33. The lowest BCUT2D eigenvalue weighted by atomic mass is 10.1. The second-order valence-electron chi connectivity index (χ2n) is 6.28. The van der Waals surface area contributed by atoms with Gasteiger partial charge in [0.1, 0.15) is 11.9 Å². The lowest BCUT2D eigenvalue weighted by Gasteiger charge is -2.23. The third-order valence-electron chi connectivity index (χ3n) is 4.60. The van der Waals surface area contributed by atoms with Gasteiger partial charge in [0.2, 0.25) is 0 Å². The van der Waals surface area contributed by atoms with Crippen LogP contribution in [0, 0.1) is 5.92 Å². The molecule has 0 bridgehead atoms. The van der Waals surface area contributed by atoms with E-state index in [2.05, 4.69) is 27.1 Å². The average molecular weight is 322 g/mol. The van der Waals surface area contributed by atoms with E-state index >= 15 is 0 Å². The predicted molar refractivity (Wildman–Crippen MR) is 85.1 cm³/mol. The molecule has 3 rings (SSSR count). The van der Waals surface area contributed by atoms with Gasteiger partial charge < -0.3 is 24.7 Å². The van der Waals surface area contributed by atoms with Crippen LogP contribution in [0.5, 0.6) is 0 Å². The first-order valence-corrected chi connectivity index (χ1v) is 8.41. The van der Waals surface area contributed by atoms with E-state index in [0.29, 0.717) is 19.1 Å². The standard InChI is InChI=1S/C16H26N4O3/c1-3-20-8-7-17-15(20)14-12(6-9-23-14)18-16(21)19-13(10-22-2)11-4-5-11/h7-8,11-14H,3-6,9-10H2,1-2H3,(H2,18,19,21)/t12-,13-,14-/m0/s1. The van der Waals surface area contributed by atoms with Crippen LogP contribution in [0.3, 0.4) is 0 Å². The molecule has 2 amide bonds. The summed E-state index contributed by atoms with van der Waals surface area (Å²) in [6.07, 6.45) is 6.66. The van der Waals surface area contributed by atoms with E-state index in [9.17, 15) is 4.79 Å². The second kappa shape index (κ2) is 7.31. The van der Waals surface area contributed by atoms with Gasteiger partial charge in [-0.05, 0) is 32.1 Å². The number of amides is 2. The molecule has 0 unspecified atom stereocenters. The number of aromatic nitrogens is 2. The Bertz CT molecular complexity index is 529. The molecule has 2 aliphatic rings. The fourth-order valence-electron chi connectivity index (χ4n) is 3.19. The molecule has 3 atom stereocenters. The number of carbonyl (C=O) groups excluding carboxylic acids is 1. The Morgan fingerprint density at radius 3 is 3.04 bits per heavy atom. The molecule has 0 spiro atoms. The number of methoxy groups -OCH3 is 1. The van der Waals surface area contributed by atoms with Gasteiger partial charge in [0, 0.05) is 32.7 Å². The van der Waals surface area contributed by atoms with Crippen LogP contribution in [0.1, 0.15) is 38.1 Å². The zero-order valence-corrected chi connectivity index (χ0v) is 13.8. The van der Waals surface area contributed by atoms with Crippen molar-refractivity contribution in [3.63, 3.8) is 0 Å². The number of imidazole rings is 1. The third-order valence-corrected chi connectivity index (χ3v) is 4.60. The molecule has 1 aromatic rings. The van der Waals surface area contributed by atoms with Crippen molar-refractivity contribution in [2.75, 3.05) is 20.3 Å². The Morgan fingerprint density at radius 1 is 1.52 bits per heavy atom. The number of nitrogens with one attached hydrogen (secondary N) is 2. The summed E-state index contributed by atoms with van der Waals surface area (Å²) in [6, 6.07) is -0.0995.